The molecule has 0 bridgehead atoms. The Morgan fingerprint density at radius 1 is 1.19 bits per heavy atom. The van der Waals surface area contributed by atoms with Crippen LogP contribution in [-0.2, 0) is 36.3 Å². The molecule has 2 fully saturated rings. The highest BCUT2D eigenvalue weighted by molar-refractivity contribution is 7.64. The van der Waals surface area contributed by atoms with Gasteiger partial charge >= 0.3 is 29.6 Å². The SMILES string of the molecule is O=c1[nH]c(=O)n(C2CC2)cc1[C@@H]1O[C@H](CO[P+](=O)OP(=O)(O)OP(=O)(O)OO)[C@@H](O)[C@H]1O. The number of aromatic nitrogens is 2. The third kappa shape index (κ3) is 6.04. The van der Waals surface area contributed by atoms with Crippen molar-refractivity contribution in [1.29, 1.82) is 0 Å². The first kappa shape index (κ1) is 25.5. The van der Waals surface area contributed by atoms with Crippen LogP contribution in [0.15, 0.2) is 15.8 Å². The number of hydrogen-bond acceptors (Lipinski definition) is 13. The van der Waals surface area contributed by atoms with Crippen LogP contribution in [0.4, 0.5) is 0 Å². The lowest BCUT2D eigenvalue weighted by Crippen LogP contribution is -2.36. The lowest BCUT2D eigenvalue weighted by Gasteiger charge is -2.15. The Morgan fingerprint density at radius 3 is 2.44 bits per heavy atom. The molecule has 1 aliphatic heterocycles. The Kier molecular flexibility index (Phi) is 7.64. The Bertz CT molecular complexity index is 1080. The Balaban J connectivity index is 1.64. The van der Waals surface area contributed by atoms with Gasteiger partial charge in [-0.2, -0.15) is 4.31 Å². The van der Waals surface area contributed by atoms with Gasteiger partial charge in [-0.1, -0.05) is 0 Å². The molecule has 1 aromatic heterocycles. The number of phosphoric acid groups is 2. The second kappa shape index (κ2) is 9.60. The van der Waals surface area contributed by atoms with Crippen LogP contribution >= 0.6 is 23.9 Å². The molecule has 1 saturated heterocycles. The molecule has 2 aliphatic rings. The molecule has 0 amide bonds. The number of aliphatic hydroxyl groups is 2. The van der Waals surface area contributed by atoms with Crippen molar-refractivity contribution in [2.75, 3.05) is 6.61 Å². The van der Waals surface area contributed by atoms with Crippen LogP contribution in [0.2, 0.25) is 0 Å². The van der Waals surface area contributed by atoms with E-state index in [2.05, 4.69) is 22.8 Å². The summed E-state index contributed by atoms with van der Waals surface area (Å²) in [4.78, 5) is 44.1. The lowest BCUT2D eigenvalue weighted by molar-refractivity contribution is -0.157. The summed E-state index contributed by atoms with van der Waals surface area (Å²) in [5.41, 5.74) is -1.64. The normalized spacial score (nSPS) is 30.0. The van der Waals surface area contributed by atoms with Gasteiger partial charge in [0.1, 0.15) is 31.0 Å². The molecule has 1 saturated carbocycles. The third-order valence-corrected chi connectivity index (χ3v) is 8.00. The molecule has 3 rings (SSSR count). The summed E-state index contributed by atoms with van der Waals surface area (Å²) in [5.74, 6) is 0. The van der Waals surface area contributed by atoms with Gasteiger partial charge in [0.05, 0.1) is 5.56 Å². The number of ether oxygens (including phenoxy) is 1. The molecule has 3 unspecified atom stereocenters. The van der Waals surface area contributed by atoms with Gasteiger partial charge < -0.3 is 19.8 Å². The monoisotopic (exact) mass is 523 g/mol. The maximum absolute atomic E-state index is 12.2. The molecule has 0 spiro atoms. The smallest absolute Gasteiger partial charge is 0.387 e. The van der Waals surface area contributed by atoms with Crippen LogP contribution in [0, 0.1) is 0 Å². The number of H-pyrrole nitrogens is 1. The zero-order valence-corrected chi connectivity index (χ0v) is 18.4. The van der Waals surface area contributed by atoms with E-state index in [4.69, 9.17) is 14.9 Å². The van der Waals surface area contributed by atoms with E-state index in [0.717, 1.165) is 12.8 Å². The fourth-order valence-corrected chi connectivity index (χ4v) is 5.55. The number of nitrogens with zero attached hydrogens (tertiary/aromatic N) is 1. The van der Waals surface area contributed by atoms with E-state index >= 15 is 0 Å². The summed E-state index contributed by atoms with van der Waals surface area (Å²) in [7, 11) is -14.4. The summed E-state index contributed by atoms with van der Waals surface area (Å²) >= 11 is 0. The Hall–Kier alpha value is -1.16. The van der Waals surface area contributed by atoms with Crippen molar-refractivity contribution >= 4 is 23.9 Å². The number of rotatable bonds is 10. The van der Waals surface area contributed by atoms with Crippen molar-refractivity contribution in [2.24, 2.45) is 0 Å². The average Bonchev–Trinajstić information content (AvgIpc) is 3.47. The Labute approximate surface area is 178 Å². The summed E-state index contributed by atoms with van der Waals surface area (Å²) in [6.07, 6.45) is -3.45. The second-order valence-corrected chi connectivity index (χ2v) is 10.8. The molecule has 7 atom stereocenters. The van der Waals surface area contributed by atoms with E-state index in [9.17, 15) is 38.4 Å². The van der Waals surface area contributed by atoms with Crippen molar-refractivity contribution < 1.29 is 61.5 Å². The van der Waals surface area contributed by atoms with Crippen LogP contribution in [0.5, 0.6) is 0 Å². The summed E-state index contributed by atoms with van der Waals surface area (Å²) in [5, 5.41) is 28.4. The summed E-state index contributed by atoms with van der Waals surface area (Å²) < 4.78 is 55.7. The minimum atomic E-state index is -5.49. The molecule has 20 heteroatoms. The van der Waals surface area contributed by atoms with Gasteiger partial charge in [-0.05, 0) is 17.2 Å². The van der Waals surface area contributed by atoms with E-state index in [1.807, 2.05) is 0 Å². The quantitative estimate of drug-likeness (QED) is 0.128. The van der Waals surface area contributed by atoms with E-state index < -0.39 is 66.2 Å². The predicted octanol–water partition coefficient (Wildman–Crippen LogP) is -0.569. The molecular weight excluding hydrogens is 505 g/mol. The van der Waals surface area contributed by atoms with Crippen molar-refractivity contribution in [3.8, 4) is 0 Å². The fourth-order valence-electron chi connectivity index (χ4n) is 2.87. The first-order valence-electron chi connectivity index (χ1n) is 8.70. The molecular formula is C12H18N2O15P3+. The largest absolute Gasteiger partial charge is 0.708 e. The van der Waals surface area contributed by atoms with Gasteiger partial charge in [-0.3, -0.25) is 19.2 Å². The average molecular weight is 523 g/mol. The first-order chi connectivity index (χ1) is 14.8. The summed E-state index contributed by atoms with van der Waals surface area (Å²) in [6, 6.07) is -0.108. The number of hydrogen-bond donors (Lipinski definition) is 6. The van der Waals surface area contributed by atoms with Gasteiger partial charge in [0.25, 0.3) is 5.56 Å². The number of aliphatic hydroxyl groups excluding tert-OH is 2. The molecule has 1 aliphatic carbocycles. The lowest BCUT2D eigenvalue weighted by atomic mass is 10.0. The van der Waals surface area contributed by atoms with Gasteiger partial charge in [0, 0.05) is 16.8 Å². The van der Waals surface area contributed by atoms with Crippen LogP contribution in [0.1, 0.15) is 30.6 Å². The third-order valence-electron chi connectivity index (χ3n) is 4.43. The van der Waals surface area contributed by atoms with Crippen molar-refractivity contribution in [2.45, 2.75) is 43.3 Å². The van der Waals surface area contributed by atoms with E-state index in [1.165, 1.54) is 10.8 Å². The second-order valence-electron chi connectivity index (χ2n) is 6.76. The maximum atomic E-state index is 12.2. The molecule has 180 valence electrons. The van der Waals surface area contributed by atoms with Crippen LogP contribution in [-0.4, -0.2) is 59.7 Å². The van der Waals surface area contributed by atoms with Crippen LogP contribution < -0.4 is 11.2 Å². The predicted molar refractivity (Wildman–Crippen MR) is 98.3 cm³/mol. The first-order valence-corrected chi connectivity index (χ1v) is 12.8. The molecule has 17 nitrogen and oxygen atoms in total. The zero-order chi connectivity index (χ0) is 23.8. The molecule has 2 heterocycles. The summed E-state index contributed by atoms with van der Waals surface area (Å²) in [6.45, 7) is -0.794. The van der Waals surface area contributed by atoms with Gasteiger partial charge in [0.2, 0.25) is 0 Å². The molecule has 6 N–H and O–H groups in total. The van der Waals surface area contributed by atoms with Crippen LogP contribution in [0.25, 0.3) is 0 Å². The topological polar surface area (TPSA) is 253 Å². The van der Waals surface area contributed by atoms with Crippen molar-refractivity contribution in [3.05, 3.63) is 32.6 Å². The standard InChI is InChI=1S/C12H17N2O15P3/c15-8-7(4-25-30(20)28-32(23,24)29-31(21,22)27-19)26-10(9(8)16)6-3-14(5-1-2-5)12(18)13-11(6)17/h3,5,7-10,15-16H,1-2,4H2,(H3-,13,17,18,19,21,22,23,24)/p+1/t7-,8-,9-,10+/m1/s1. The molecule has 32 heavy (non-hydrogen) atoms. The minimum Gasteiger partial charge on any atom is -0.387 e. The molecule has 0 radical (unpaired) electrons. The van der Waals surface area contributed by atoms with Crippen LogP contribution in [0.3, 0.4) is 0 Å². The highest BCUT2D eigenvalue weighted by atomic mass is 31.3. The Morgan fingerprint density at radius 2 is 1.84 bits per heavy atom. The van der Waals surface area contributed by atoms with Gasteiger partial charge in [-0.15, -0.1) is 9.20 Å². The fraction of sp³-hybridized carbons (Fsp3) is 0.667. The maximum Gasteiger partial charge on any atom is 0.708 e. The van der Waals surface area contributed by atoms with E-state index in [0.29, 0.717) is 0 Å². The van der Waals surface area contributed by atoms with Gasteiger partial charge in [0.15, 0.2) is 0 Å². The molecule has 1 aromatic rings. The molecule has 0 aromatic carbocycles. The van der Waals surface area contributed by atoms with E-state index in [1.54, 1.807) is 0 Å². The minimum absolute atomic E-state index is 0.108. The number of nitrogens with one attached hydrogen (secondary N) is 1. The highest BCUT2D eigenvalue weighted by Crippen LogP contribution is 2.63. The van der Waals surface area contributed by atoms with Crippen molar-refractivity contribution in [3.63, 3.8) is 0 Å². The number of aromatic amines is 1. The zero-order valence-electron chi connectivity index (χ0n) is 15.7. The van der Waals surface area contributed by atoms with Crippen molar-refractivity contribution in [1.82, 2.24) is 9.55 Å². The van der Waals surface area contributed by atoms with Gasteiger partial charge in [-0.25, -0.2) is 19.2 Å². The highest BCUT2D eigenvalue weighted by Gasteiger charge is 2.48. The van der Waals surface area contributed by atoms with E-state index in [-0.39, 0.29) is 11.6 Å².